The van der Waals surface area contributed by atoms with E-state index in [-0.39, 0.29) is 0 Å². The van der Waals surface area contributed by atoms with E-state index in [1.54, 1.807) is 0 Å². The quantitative estimate of drug-likeness (QED) is 0.0719. The van der Waals surface area contributed by atoms with Crippen molar-refractivity contribution in [1.82, 2.24) is 18.3 Å². The topological polar surface area (TPSA) is 19.7 Å². The molecular weight excluding hydrogens is 1650 g/mol. The number of nitrogens with zero attached hydrogens (tertiary/aromatic N) is 4. The Balaban J connectivity index is 0.567. The zero-order valence-corrected chi connectivity index (χ0v) is 75.6. The Hall–Kier alpha value is -18.0. The fraction of sp³-hybridized carbons (Fsp3) is 0.00752. The van der Waals surface area contributed by atoms with Crippen molar-refractivity contribution in [2.75, 3.05) is 0 Å². The molecule has 0 spiro atoms. The molecular formula is C133H90N4. The van der Waals surface area contributed by atoms with Crippen LogP contribution in [0.15, 0.2) is 522 Å². The molecule has 0 amide bonds. The van der Waals surface area contributed by atoms with Crippen LogP contribution in [0, 0.1) is 0 Å². The molecule has 4 nitrogen and oxygen atoms in total. The summed E-state index contributed by atoms with van der Waals surface area (Å²) in [5.74, 6) is 0. The van der Waals surface area contributed by atoms with Crippen LogP contribution in [0.25, 0.3) is 249 Å². The van der Waals surface area contributed by atoms with Crippen LogP contribution in [-0.4, -0.2) is 18.3 Å². The van der Waals surface area contributed by atoms with E-state index in [0.717, 1.165) is 150 Å². The molecule has 0 saturated heterocycles. The van der Waals surface area contributed by atoms with Gasteiger partial charge in [0.15, 0.2) is 0 Å². The van der Waals surface area contributed by atoms with Gasteiger partial charge in [0.25, 0.3) is 0 Å². The lowest BCUT2D eigenvalue weighted by atomic mass is 9.93. The highest BCUT2D eigenvalue weighted by Gasteiger charge is 2.24. The molecule has 0 fully saturated rings. The van der Waals surface area contributed by atoms with Gasteiger partial charge in [-0.05, 0) is 346 Å². The minimum atomic E-state index is 1.09. The van der Waals surface area contributed by atoms with Crippen molar-refractivity contribution in [3.8, 4) is 156 Å². The predicted molar refractivity (Wildman–Crippen MR) is 582 cm³/mol. The van der Waals surface area contributed by atoms with Gasteiger partial charge in [-0.15, -0.1) is 0 Å². The molecule has 25 rings (SSSR count). The molecule has 137 heavy (non-hydrogen) atoms. The summed E-state index contributed by atoms with van der Waals surface area (Å²) in [4.78, 5) is 0. The summed E-state index contributed by atoms with van der Waals surface area (Å²) in [6, 6.07) is 182. The lowest BCUT2D eigenvalue weighted by Crippen LogP contribution is -1.95. The van der Waals surface area contributed by atoms with Crippen LogP contribution >= 0.6 is 0 Å². The van der Waals surface area contributed by atoms with Crippen molar-refractivity contribution in [2.24, 2.45) is 0 Å². The van der Waals surface area contributed by atoms with E-state index < -0.39 is 0 Å². The second-order valence-electron chi connectivity index (χ2n) is 35.9. The highest BCUT2D eigenvalue weighted by Crippen LogP contribution is 2.47. The maximum Gasteiger partial charge on any atom is 0.0541 e. The van der Waals surface area contributed by atoms with Crippen molar-refractivity contribution >= 4 is 92.8 Å². The first kappa shape index (κ1) is 81.1. The molecule has 0 atom stereocenters. The summed E-state index contributed by atoms with van der Waals surface area (Å²) >= 11 is 0. The zero-order chi connectivity index (χ0) is 91.0. The largest absolute Gasteiger partial charge is 0.309 e. The molecule has 0 aliphatic heterocycles. The smallest absolute Gasteiger partial charge is 0.0541 e. The van der Waals surface area contributed by atoms with Crippen molar-refractivity contribution in [2.45, 2.75) is 6.92 Å². The van der Waals surface area contributed by atoms with E-state index in [2.05, 4.69) is 535 Å². The maximum absolute atomic E-state index is 4.02. The number of aromatic nitrogens is 4. The minimum Gasteiger partial charge on any atom is -0.309 e. The van der Waals surface area contributed by atoms with Gasteiger partial charge in [0.2, 0.25) is 0 Å². The number of fused-ring (bicyclic) bond motifs is 12. The van der Waals surface area contributed by atoms with Gasteiger partial charge in [0.1, 0.15) is 0 Å². The number of allylic oxidation sites excluding steroid dienone is 5. The molecule has 21 aromatic carbocycles. The monoisotopic (exact) mass is 1740 g/mol. The van der Waals surface area contributed by atoms with E-state index in [1.165, 1.54) is 104 Å². The van der Waals surface area contributed by atoms with Crippen LogP contribution in [0.1, 0.15) is 12.5 Å². The van der Waals surface area contributed by atoms with Gasteiger partial charge >= 0.3 is 0 Å². The Kier molecular flexibility index (Phi) is 20.3. The Labute approximate surface area is 796 Å². The summed E-state index contributed by atoms with van der Waals surface area (Å²) in [5, 5.41) is 9.50. The van der Waals surface area contributed by atoms with Crippen LogP contribution in [0.5, 0.6) is 0 Å². The molecule has 4 heteroatoms. The summed E-state index contributed by atoms with van der Waals surface area (Å²) < 4.78 is 9.79. The fourth-order valence-electron chi connectivity index (χ4n) is 21.1. The lowest BCUT2D eigenvalue weighted by Gasteiger charge is -2.14. The Morgan fingerprint density at radius 1 is 0.168 bits per heavy atom. The number of benzene rings is 21. The van der Waals surface area contributed by atoms with Crippen LogP contribution in [0.2, 0.25) is 0 Å². The number of hydrogen-bond donors (Lipinski definition) is 0. The first-order valence-corrected chi connectivity index (χ1v) is 47.2. The Bertz CT molecular complexity index is 9010. The Morgan fingerprint density at radius 2 is 0.358 bits per heavy atom. The molecule has 0 aliphatic rings. The molecule has 642 valence electrons. The van der Waals surface area contributed by atoms with E-state index >= 15 is 0 Å². The van der Waals surface area contributed by atoms with Gasteiger partial charge in [-0.3, -0.25) is 0 Å². The van der Waals surface area contributed by atoms with E-state index in [9.17, 15) is 0 Å². The molecule has 0 N–H and O–H groups in total. The summed E-state index contributed by atoms with van der Waals surface area (Å²) in [6.45, 7) is 6.14. The van der Waals surface area contributed by atoms with Crippen LogP contribution < -0.4 is 0 Å². The third-order valence-electron chi connectivity index (χ3n) is 27.8. The normalized spacial score (nSPS) is 11.9. The second-order valence-corrected chi connectivity index (χ2v) is 35.9. The average molecular weight is 1740 g/mol. The van der Waals surface area contributed by atoms with Gasteiger partial charge in [0, 0.05) is 65.8 Å². The standard InChI is InChI=1S/C133H90N4/c1-3-5-31-88(4-2)100-54-62-130-118(80-100)124-86-106(60-68-132(124)136(130)116-52-29-46-98(78-116)112-74-108(90-34-15-7-16-35-90)72-109(75-112)91-36-17-8-18-37-91)104-58-66-128-122(84-104)120-82-102(56-64-126(120)134(128)114-48-23-11-24-49-114)96-44-27-42-94(70-96)95-43-28-45-97(71-95)103-57-65-127-121(83-103)123-85-105(59-67-129(123)135(127)115-50-25-12-26-51-115)107-61-69-133-125(87-107)119-81-101(89-32-13-6-14-33-89)55-63-131(119)137(133)117-53-30-47-99(79-117)113-76-110(92-38-19-9-20-39-92)73-111(77-113)93-40-21-10-22-41-93/h3-87H,1H2,2H3/b31-5-,88-4+. The fourth-order valence-corrected chi connectivity index (χ4v) is 21.1. The molecule has 0 bridgehead atoms. The van der Waals surface area contributed by atoms with Gasteiger partial charge in [-0.1, -0.05) is 328 Å². The maximum atomic E-state index is 4.02. The highest BCUT2D eigenvalue weighted by molar-refractivity contribution is 6.17. The molecule has 0 radical (unpaired) electrons. The zero-order valence-electron chi connectivity index (χ0n) is 75.6. The van der Waals surface area contributed by atoms with Crippen molar-refractivity contribution in [3.63, 3.8) is 0 Å². The molecule has 4 aromatic heterocycles. The second kappa shape index (κ2) is 34.3. The number of para-hydroxylation sites is 2. The number of hydrogen-bond acceptors (Lipinski definition) is 0. The first-order valence-electron chi connectivity index (χ1n) is 47.2. The minimum absolute atomic E-state index is 1.09. The van der Waals surface area contributed by atoms with Gasteiger partial charge in [0.05, 0.1) is 44.1 Å². The van der Waals surface area contributed by atoms with Gasteiger partial charge in [-0.2, -0.15) is 0 Å². The van der Waals surface area contributed by atoms with Crippen LogP contribution in [0.4, 0.5) is 0 Å². The molecule has 4 heterocycles. The third-order valence-corrected chi connectivity index (χ3v) is 27.8. The lowest BCUT2D eigenvalue weighted by molar-refractivity contribution is 1.18. The van der Waals surface area contributed by atoms with Crippen LogP contribution in [-0.2, 0) is 0 Å². The van der Waals surface area contributed by atoms with E-state index in [4.69, 9.17) is 0 Å². The SMILES string of the molecule is C=C/C=C\C(=C/C)c1ccc2c(c1)c1cc(-c3ccc4c(c3)c3cc(-c5cccc(-c6cccc(-c7ccc8c(c7)c7cc(-c9ccc%10c(c9)c9cc(-c%11ccccc%11)ccc9n%10-c9cccc(-c%10cc(-c%11ccccc%11)cc(-c%11ccccc%11)c%10)c9)ccc7n8-c7ccccc7)c6)c5)ccc3n4-c3ccccc3)ccc1n2-c1cccc(-c2cc(-c3ccccc3)cc(-c3ccccc3)c2)c1. The van der Waals surface area contributed by atoms with Gasteiger partial charge < -0.3 is 18.3 Å². The van der Waals surface area contributed by atoms with Crippen molar-refractivity contribution < 1.29 is 0 Å². The van der Waals surface area contributed by atoms with Crippen LogP contribution in [0.3, 0.4) is 0 Å². The predicted octanol–water partition coefficient (Wildman–Crippen LogP) is 36.2. The van der Waals surface area contributed by atoms with E-state index in [0.29, 0.717) is 0 Å². The van der Waals surface area contributed by atoms with Crippen molar-refractivity contribution in [3.05, 3.63) is 528 Å². The average Bonchev–Trinajstić information content (AvgIpc) is 1.58. The third kappa shape index (κ3) is 14.8. The van der Waals surface area contributed by atoms with E-state index in [1.807, 2.05) is 12.2 Å². The molecule has 0 saturated carbocycles. The van der Waals surface area contributed by atoms with Crippen molar-refractivity contribution in [1.29, 1.82) is 0 Å². The highest BCUT2D eigenvalue weighted by atomic mass is 15.0. The summed E-state index contributed by atoms with van der Waals surface area (Å²) in [6.07, 6.45) is 8.20. The molecule has 0 unspecified atom stereocenters. The first-order chi connectivity index (χ1) is 67.8. The summed E-state index contributed by atoms with van der Waals surface area (Å²) in [5.41, 5.74) is 43.8. The molecule has 0 aliphatic carbocycles. The summed E-state index contributed by atoms with van der Waals surface area (Å²) in [7, 11) is 0. The molecule has 25 aromatic rings. The van der Waals surface area contributed by atoms with Gasteiger partial charge in [-0.25, -0.2) is 0 Å². The Morgan fingerprint density at radius 3 is 0.628 bits per heavy atom. The number of rotatable bonds is 19.